The lowest BCUT2D eigenvalue weighted by molar-refractivity contribution is 0.00360. The van der Waals surface area contributed by atoms with Gasteiger partial charge in [-0.25, -0.2) is 0 Å². The van der Waals surface area contributed by atoms with E-state index < -0.39 is 0 Å². The predicted molar refractivity (Wildman–Crippen MR) is 73.3 cm³/mol. The van der Waals surface area contributed by atoms with E-state index in [0.29, 0.717) is 30.9 Å². The minimum Gasteiger partial charge on any atom is -0.397 e. The minimum absolute atomic E-state index is 0.0223. The summed E-state index contributed by atoms with van der Waals surface area (Å²) in [6, 6.07) is 5.19. The number of aliphatic hydroxyl groups excluding tert-OH is 1. The van der Waals surface area contributed by atoms with Crippen molar-refractivity contribution >= 4 is 17.3 Å². The van der Waals surface area contributed by atoms with Crippen molar-refractivity contribution in [2.24, 2.45) is 0 Å². The Balaban J connectivity index is 2.25. The summed E-state index contributed by atoms with van der Waals surface area (Å²) >= 11 is 0. The number of anilines is 2. The maximum absolute atomic E-state index is 11.6. The fourth-order valence-corrected chi connectivity index (χ4v) is 2.15. The molecule has 0 saturated carbocycles. The molecule has 1 aromatic carbocycles. The first kappa shape index (κ1) is 13.6. The lowest BCUT2D eigenvalue weighted by Gasteiger charge is -2.34. The Bertz CT molecular complexity index is 464. The van der Waals surface area contributed by atoms with Gasteiger partial charge in [0.25, 0.3) is 5.91 Å². The zero-order valence-corrected chi connectivity index (χ0v) is 10.9. The summed E-state index contributed by atoms with van der Waals surface area (Å²) in [5.41, 5.74) is 7.97. The van der Waals surface area contributed by atoms with Crippen LogP contribution < -0.4 is 16.0 Å². The monoisotopic (exact) mass is 265 g/mol. The largest absolute Gasteiger partial charge is 0.397 e. The Morgan fingerprint density at radius 1 is 1.63 bits per heavy atom. The third-order valence-electron chi connectivity index (χ3n) is 3.20. The smallest absolute Gasteiger partial charge is 0.251 e. The van der Waals surface area contributed by atoms with E-state index in [0.717, 1.165) is 5.69 Å². The van der Waals surface area contributed by atoms with Gasteiger partial charge in [0.2, 0.25) is 0 Å². The second-order valence-corrected chi connectivity index (χ2v) is 4.47. The number of aliphatic hydroxyl groups is 1. The molecule has 1 heterocycles. The van der Waals surface area contributed by atoms with Crippen LogP contribution in [0.15, 0.2) is 18.2 Å². The summed E-state index contributed by atoms with van der Waals surface area (Å²) in [7, 11) is 1.59. The minimum atomic E-state index is -0.211. The Kier molecular flexibility index (Phi) is 4.24. The molecule has 6 heteroatoms. The van der Waals surface area contributed by atoms with Gasteiger partial charge in [-0.3, -0.25) is 4.79 Å². The maximum Gasteiger partial charge on any atom is 0.251 e. The standard InChI is InChI=1S/C13H19N3O3/c1-15-13(18)9-2-3-11(14)12(6-9)16-4-5-19-10(7-16)8-17/h2-3,6,10,17H,4-5,7-8,14H2,1H3,(H,15,18). The van der Waals surface area contributed by atoms with Gasteiger partial charge in [-0.2, -0.15) is 0 Å². The third kappa shape index (κ3) is 2.97. The van der Waals surface area contributed by atoms with Gasteiger partial charge >= 0.3 is 0 Å². The Morgan fingerprint density at radius 2 is 2.42 bits per heavy atom. The van der Waals surface area contributed by atoms with Crippen molar-refractivity contribution in [1.29, 1.82) is 0 Å². The molecule has 1 atom stereocenters. The van der Waals surface area contributed by atoms with E-state index in [1.54, 1.807) is 25.2 Å². The van der Waals surface area contributed by atoms with Crippen LogP contribution in [0.25, 0.3) is 0 Å². The number of ether oxygens (including phenoxy) is 1. The zero-order chi connectivity index (χ0) is 13.8. The molecular formula is C13H19N3O3. The second-order valence-electron chi connectivity index (χ2n) is 4.47. The van der Waals surface area contributed by atoms with E-state index in [2.05, 4.69) is 5.32 Å². The number of hydrogen-bond donors (Lipinski definition) is 3. The molecule has 104 valence electrons. The molecule has 6 nitrogen and oxygen atoms in total. The third-order valence-corrected chi connectivity index (χ3v) is 3.20. The van der Waals surface area contributed by atoms with Crippen molar-refractivity contribution in [3.8, 4) is 0 Å². The van der Waals surface area contributed by atoms with Gasteiger partial charge < -0.3 is 25.8 Å². The number of nitrogens with two attached hydrogens (primary N) is 1. The molecule has 1 unspecified atom stereocenters. The Morgan fingerprint density at radius 3 is 3.11 bits per heavy atom. The Hall–Kier alpha value is -1.79. The van der Waals surface area contributed by atoms with Crippen LogP contribution in [0.4, 0.5) is 11.4 Å². The van der Waals surface area contributed by atoms with Crippen molar-refractivity contribution < 1.29 is 14.6 Å². The molecule has 1 aromatic rings. The van der Waals surface area contributed by atoms with Gasteiger partial charge in [0, 0.05) is 25.7 Å². The van der Waals surface area contributed by atoms with Gasteiger partial charge in [0.1, 0.15) is 0 Å². The lowest BCUT2D eigenvalue weighted by atomic mass is 10.1. The van der Waals surface area contributed by atoms with Crippen LogP contribution in [0.3, 0.4) is 0 Å². The number of nitrogens with zero attached hydrogens (tertiary/aromatic N) is 1. The highest BCUT2D eigenvalue weighted by Crippen LogP contribution is 2.26. The van der Waals surface area contributed by atoms with Gasteiger partial charge in [0.15, 0.2) is 0 Å². The summed E-state index contributed by atoms with van der Waals surface area (Å²) in [5, 5.41) is 11.7. The van der Waals surface area contributed by atoms with E-state index >= 15 is 0 Å². The highest BCUT2D eigenvalue weighted by molar-refractivity contribution is 5.96. The Labute approximate surface area is 112 Å². The fourth-order valence-electron chi connectivity index (χ4n) is 2.15. The quantitative estimate of drug-likeness (QED) is 0.660. The molecule has 1 fully saturated rings. The van der Waals surface area contributed by atoms with E-state index in [1.165, 1.54) is 0 Å². The molecule has 1 amide bonds. The van der Waals surface area contributed by atoms with Crippen LogP contribution in [-0.4, -0.2) is 50.5 Å². The number of carbonyl (C=O) groups is 1. The lowest BCUT2D eigenvalue weighted by Crippen LogP contribution is -2.44. The molecule has 1 aliphatic rings. The number of amides is 1. The molecule has 1 aliphatic heterocycles. The first-order valence-electron chi connectivity index (χ1n) is 6.24. The summed E-state index contributed by atoms with van der Waals surface area (Å²) in [6.45, 7) is 1.77. The van der Waals surface area contributed by atoms with E-state index in [9.17, 15) is 4.79 Å². The van der Waals surface area contributed by atoms with Gasteiger partial charge in [0.05, 0.1) is 30.7 Å². The average Bonchev–Trinajstić information content (AvgIpc) is 2.47. The molecule has 2 rings (SSSR count). The molecule has 0 bridgehead atoms. The van der Waals surface area contributed by atoms with Crippen LogP contribution in [-0.2, 0) is 4.74 Å². The van der Waals surface area contributed by atoms with E-state index in [1.807, 2.05) is 4.90 Å². The fraction of sp³-hybridized carbons (Fsp3) is 0.462. The number of benzene rings is 1. The second kappa shape index (κ2) is 5.90. The van der Waals surface area contributed by atoms with Gasteiger partial charge in [-0.15, -0.1) is 0 Å². The molecule has 0 spiro atoms. The maximum atomic E-state index is 11.6. The van der Waals surface area contributed by atoms with E-state index in [-0.39, 0.29) is 18.6 Å². The van der Waals surface area contributed by atoms with Crippen LogP contribution in [0.2, 0.25) is 0 Å². The van der Waals surface area contributed by atoms with Crippen molar-refractivity contribution in [1.82, 2.24) is 5.32 Å². The molecule has 19 heavy (non-hydrogen) atoms. The highest BCUT2D eigenvalue weighted by Gasteiger charge is 2.22. The number of morpholine rings is 1. The number of hydrogen-bond acceptors (Lipinski definition) is 5. The van der Waals surface area contributed by atoms with Gasteiger partial charge in [-0.1, -0.05) is 0 Å². The molecule has 0 radical (unpaired) electrons. The SMILES string of the molecule is CNC(=O)c1ccc(N)c(N2CCOC(CO)C2)c1. The molecule has 0 aromatic heterocycles. The van der Waals surface area contributed by atoms with Crippen LogP contribution in [0.1, 0.15) is 10.4 Å². The summed E-state index contributed by atoms with van der Waals surface area (Å²) in [4.78, 5) is 13.7. The summed E-state index contributed by atoms with van der Waals surface area (Å²) in [6.07, 6.45) is -0.211. The van der Waals surface area contributed by atoms with Crippen molar-refractivity contribution in [3.63, 3.8) is 0 Å². The van der Waals surface area contributed by atoms with Gasteiger partial charge in [-0.05, 0) is 18.2 Å². The van der Waals surface area contributed by atoms with Crippen molar-refractivity contribution in [3.05, 3.63) is 23.8 Å². The normalized spacial score (nSPS) is 19.3. The highest BCUT2D eigenvalue weighted by atomic mass is 16.5. The van der Waals surface area contributed by atoms with Crippen LogP contribution in [0, 0.1) is 0 Å². The molecule has 1 saturated heterocycles. The van der Waals surface area contributed by atoms with Crippen LogP contribution in [0.5, 0.6) is 0 Å². The number of rotatable bonds is 3. The topological polar surface area (TPSA) is 87.8 Å². The summed E-state index contributed by atoms with van der Waals surface area (Å²) < 4.78 is 5.41. The van der Waals surface area contributed by atoms with Crippen molar-refractivity contribution in [2.45, 2.75) is 6.10 Å². The first-order chi connectivity index (χ1) is 9.15. The molecule has 0 aliphatic carbocycles. The summed E-state index contributed by atoms with van der Waals surface area (Å²) in [5.74, 6) is -0.145. The number of carbonyl (C=O) groups excluding carboxylic acids is 1. The van der Waals surface area contributed by atoms with Crippen molar-refractivity contribution in [2.75, 3.05) is 44.0 Å². The first-order valence-corrected chi connectivity index (χ1v) is 6.24. The van der Waals surface area contributed by atoms with Crippen LogP contribution >= 0.6 is 0 Å². The van der Waals surface area contributed by atoms with E-state index in [4.69, 9.17) is 15.6 Å². The molecule has 4 N–H and O–H groups in total. The predicted octanol–water partition coefficient (Wildman–Crippen LogP) is -0.174. The number of nitrogens with one attached hydrogen (secondary N) is 1. The number of nitrogen functional groups attached to an aromatic ring is 1. The zero-order valence-electron chi connectivity index (χ0n) is 10.9. The average molecular weight is 265 g/mol. The molecular weight excluding hydrogens is 246 g/mol.